The van der Waals surface area contributed by atoms with Crippen LogP contribution in [0, 0.1) is 17.3 Å². The largest absolute Gasteiger partial charge is 0.456 e. The van der Waals surface area contributed by atoms with Gasteiger partial charge >= 0.3 is 11.8 Å². The van der Waals surface area contributed by atoms with Crippen molar-refractivity contribution < 1.29 is 14.3 Å². The molecule has 0 atom stereocenters. The number of rotatable bonds is 2. The quantitative estimate of drug-likeness (QED) is 0.291. The van der Waals surface area contributed by atoms with Crippen LogP contribution < -0.4 is 0 Å². The van der Waals surface area contributed by atoms with Crippen molar-refractivity contribution in [1.29, 1.82) is 0 Å². The molecule has 3 heteroatoms. The summed E-state index contributed by atoms with van der Waals surface area (Å²) in [5, 5.41) is 0. The lowest BCUT2D eigenvalue weighted by Crippen LogP contribution is -2.20. The molecule has 0 spiro atoms. The SMILES string of the molecule is CC(C)OC(=O)C(=O)C#CC(C)(C)C. The van der Waals surface area contributed by atoms with Gasteiger partial charge in [0, 0.05) is 5.41 Å². The van der Waals surface area contributed by atoms with Gasteiger partial charge in [0.25, 0.3) is 0 Å². The van der Waals surface area contributed by atoms with E-state index in [1.165, 1.54) is 0 Å². The Morgan fingerprint density at radius 3 is 2.07 bits per heavy atom. The van der Waals surface area contributed by atoms with Gasteiger partial charge in [-0.2, -0.15) is 0 Å². The molecule has 0 radical (unpaired) electrons. The summed E-state index contributed by atoms with van der Waals surface area (Å²) in [6.45, 7) is 8.95. The van der Waals surface area contributed by atoms with E-state index in [1.807, 2.05) is 20.8 Å². The van der Waals surface area contributed by atoms with Crippen LogP contribution in [0.1, 0.15) is 34.6 Å². The maximum absolute atomic E-state index is 11.1. The van der Waals surface area contributed by atoms with Crippen LogP contribution in [0.5, 0.6) is 0 Å². The van der Waals surface area contributed by atoms with Crippen LogP contribution in [0.25, 0.3) is 0 Å². The summed E-state index contributed by atoms with van der Waals surface area (Å²) in [4.78, 5) is 22.1. The lowest BCUT2D eigenvalue weighted by atomic mass is 9.98. The number of carbonyl (C=O) groups is 2. The van der Waals surface area contributed by atoms with E-state index < -0.39 is 11.8 Å². The Hall–Kier alpha value is -1.30. The van der Waals surface area contributed by atoms with E-state index in [0.717, 1.165) is 0 Å². The van der Waals surface area contributed by atoms with Crippen LogP contribution in [0.4, 0.5) is 0 Å². The van der Waals surface area contributed by atoms with Gasteiger partial charge in [0.05, 0.1) is 6.10 Å². The summed E-state index contributed by atoms with van der Waals surface area (Å²) in [6.07, 6.45) is -0.289. The van der Waals surface area contributed by atoms with Gasteiger partial charge in [-0.25, -0.2) is 4.79 Å². The number of esters is 1. The molecule has 0 rings (SSSR count). The van der Waals surface area contributed by atoms with E-state index in [9.17, 15) is 9.59 Å². The molecule has 0 bridgehead atoms. The molecule has 0 fully saturated rings. The average Bonchev–Trinajstić information content (AvgIpc) is 1.97. The molecule has 0 aromatic rings. The van der Waals surface area contributed by atoms with Crippen molar-refractivity contribution in [3.05, 3.63) is 0 Å². The van der Waals surface area contributed by atoms with Gasteiger partial charge < -0.3 is 4.74 Å². The lowest BCUT2D eigenvalue weighted by molar-refractivity contribution is -0.154. The van der Waals surface area contributed by atoms with Gasteiger partial charge in [0.1, 0.15) is 0 Å². The average molecular weight is 196 g/mol. The first-order chi connectivity index (χ1) is 6.22. The molecule has 0 aliphatic heterocycles. The molecule has 0 saturated heterocycles. The topological polar surface area (TPSA) is 43.4 Å². The lowest BCUT2D eigenvalue weighted by Gasteiger charge is -2.07. The van der Waals surface area contributed by atoms with Crippen LogP contribution in [0.2, 0.25) is 0 Å². The zero-order valence-electron chi connectivity index (χ0n) is 9.30. The predicted molar refractivity (Wildman–Crippen MR) is 53.5 cm³/mol. The second kappa shape index (κ2) is 4.80. The fourth-order valence-electron chi connectivity index (χ4n) is 0.563. The first kappa shape index (κ1) is 12.7. The number of hydrogen-bond acceptors (Lipinski definition) is 3. The molecule has 0 N–H and O–H groups in total. The molecule has 0 aliphatic carbocycles. The first-order valence-electron chi connectivity index (χ1n) is 4.50. The van der Waals surface area contributed by atoms with Crippen LogP contribution in [0.15, 0.2) is 0 Å². The second-order valence-corrected chi connectivity index (χ2v) is 4.28. The molecule has 0 unspecified atom stereocenters. The summed E-state index contributed by atoms with van der Waals surface area (Å²) < 4.78 is 4.69. The Morgan fingerprint density at radius 1 is 1.21 bits per heavy atom. The molecular formula is C11H16O3. The standard InChI is InChI=1S/C11H16O3/c1-8(2)14-10(13)9(12)6-7-11(3,4)5/h8H,1-5H3. The molecule has 0 aliphatic rings. The summed E-state index contributed by atoms with van der Waals surface area (Å²) in [6, 6.07) is 0. The van der Waals surface area contributed by atoms with Crippen LogP contribution in [0.3, 0.4) is 0 Å². The molecule has 3 nitrogen and oxygen atoms in total. The fraction of sp³-hybridized carbons (Fsp3) is 0.636. The summed E-state index contributed by atoms with van der Waals surface area (Å²) in [5.74, 6) is 3.28. The van der Waals surface area contributed by atoms with Crippen molar-refractivity contribution in [3.63, 3.8) is 0 Å². The fourth-order valence-corrected chi connectivity index (χ4v) is 0.563. The summed E-state index contributed by atoms with van der Waals surface area (Å²) in [7, 11) is 0. The Bertz CT molecular complexity index is 284. The number of carbonyl (C=O) groups excluding carboxylic acids is 2. The Labute approximate surface area is 84.8 Å². The van der Waals surface area contributed by atoms with Gasteiger partial charge in [0.15, 0.2) is 0 Å². The summed E-state index contributed by atoms with van der Waals surface area (Å²) in [5.41, 5.74) is -0.284. The van der Waals surface area contributed by atoms with Gasteiger partial charge in [-0.05, 0) is 40.5 Å². The van der Waals surface area contributed by atoms with Crippen LogP contribution >= 0.6 is 0 Å². The highest BCUT2D eigenvalue weighted by Gasteiger charge is 2.14. The van der Waals surface area contributed by atoms with Crippen molar-refractivity contribution >= 4 is 11.8 Å². The highest BCUT2D eigenvalue weighted by Crippen LogP contribution is 2.09. The molecule has 78 valence electrons. The minimum atomic E-state index is -0.878. The highest BCUT2D eigenvalue weighted by molar-refractivity contribution is 6.40. The first-order valence-corrected chi connectivity index (χ1v) is 4.50. The van der Waals surface area contributed by atoms with Gasteiger partial charge in [-0.3, -0.25) is 4.79 Å². The Balaban J connectivity index is 4.34. The molecule has 0 amide bonds. The maximum Gasteiger partial charge on any atom is 0.388 e. The molecule has 0 aromatic carbocycles. The third kappa shape index (κ3) is 6.24. The molecular weight excluding hydrogens is 180 g/mol. The third-order valence-corrected chi connectivity index (χ3v) is 1.08. The Kier molecular flexibility index (Phi) is 4.36. The summed E-state index contributed by atoms with van der Waals surface area (Å²) >= 11 is 0. The van der Waals surface area contributed by atoms with E-state index in [1.54, 1.807) is 13.8 Å². The number of Topliss-reactive ketones (excluding diaryl/α,β-unsaturated/α-hetero) is 1. The predicted octanol–water partition coefficient (Wildman–Crippen LogP) is 1.56. The van der Waals surface area contributed by atoms with Crippen molar-refractivity contribution in [2.45, 2.75) is 40.7 Å². The zero-order valence-corrected chi connectivity index (χ0v) is 9.30. The number of ketones is 1. The second-order valence-electron chi connectivity index (χ2n) is 4.28. The highest BCUT2D eigenvalue weighted by atomic mass is 16.5. The minimum Gasteiger partial charge on any atom is -0.456 e. The van der Waals surface area contributed by atoms with E-state index in [0.29, 0.717) is 0 Å². The maximum atomic E-state index is 11.1. The molecule has 0 heterocycles. The molecule has 14 heavy (non-hydrogen) atoms. The van der Waals surface area contributed by atoms with E-state index in [-0.39, 0.29) is 11.5 Å². The molecule has 0 saturated carbocycles. The van der Waals surface area contributed by atoms with E-state index >= 15 is 0 Å². The van der Waals surface area contributed by atoms with Gasteiger partial charge in [-0.1, -0.05) is 5.92 Å². The number of ether oxygens (including phenoxy) is 1. The third-order valence-electron chi connectivity index (χ3n) is 1.08. The van der Waals surface area contributed by atoms with Gasteiger partial charge in [-0.15, -0.1) is 0 Å². The molecule has 0 aromatic heterocycles. The smallest absolute Gasteiger partial charge is 0.388 e. The van der Waals surface area contributed by atoms with Crippen molar-refractivity contribution in [3.8, 4) is 11.8 Å². The normalized spacial score (nSPS) is 10.4. The Morgan fingerprint density at radius 2 is 1.71 bits per heavy atom. The van der Waals surface area contributed by atoms with Crippen molar-refractivity contribution in [1.82, 2.24) is 0 Å². The van der Waals surface area contributed by atoms with Crippen molar-refractivity contribution in [2.24, 2.45) is 5.41 Å². The van der Waals surface area contributed by atoms with Crippen LogP contribution in [-0.2, 0) is 14.3 Å². The number of hydrogen-bond donors (Lipinski definition) is 0. The van der Waals surface area contributed by atoms with E-state index in [2.05, 4.69) is 16.6 Å². The van der Waals surface area contributed by atoms with E-state index in [4.69, 9.17) is 0 Å². The van der Waals surface area contributed by atoms with Gasteiger partial charge in [0.2, 0.25) is 0 Å². The zero-order chi connectivity index (χ0) is 11.4. The monoisotopic (exact) mass is 196 g/mol. The minimum absolute atomic E-state index is 0.284. The van der Waals surface area contributed by atoms with Crippen LogP contribution in [-0.4, -0.2) is 17.9 Å². The van der Waals surface area contributed by atoms with Crippen molar-refractivity contribution in [2.75, 3.05) is 0 Å².